The normalized spacial score (nSPS) is 11.0. The SMILES string of the molecule is CC(C)(C)c1ccoc1.CC(C)(C)n1ccnc1.Cc1cccnc1. The molecule has 3 aromatic heterocycles. The summed E-state index contributed by atoms with van der Waals surface area (Å²) in [6, 6.07) is 5.95. The van der Waals surface area contributed by atoms with Crippen molar-refractivity contribution in [2.24, 2.45) is 0 Å². The molecule has 3 heterocycles. The molecule has 0 atom stereocenters. The lowest BCUT2D eigenvalue weighted by atomic mass is 9.89. The summed E-state index contributed by atoms with van der Waals surface area (Å²) in [4.78, 5) is 7.84. The molecule has 0 amide bonds. The Bertz CT molecular complexity index is 629. The van der Waals surface area contributed by atoms with Gasteiger partial charge in [-0.05, 0) is 56.4 Å². The third kappa shape index (κ3) is 8.34. The average molecular weight is 341 g/mol. The molecule has 0 aliphatic carbocycles. The summed E-state index contributed by atoms with van der Waals surface area (Å²) in [5.41, 5.74) is 2.87. The zero-order valence-corrected chi connectivity index (χ0v) is 16.5. The molecule has 0 bridgehead atoms. The van der Waals surface area contributed by atoms with E-state index in [0.29, 0.717) is 0 Å². The van der Waals surface area contributed by atoms with E-state index in [-0.39, 0.29) is 11.0 Å². The number of rotatable bonds is 0. The zero-order chi connectivity index (χ0) is 18.9. The van der Waals surface area contributed by atoms with E-state index < -0.39 is 0 Å². The van der Waals surface area contributed by atoms with E-state index in [4.69, 9.17) is 4.42 Å². The zero-order valence-electron chi connectivity index (χ0n) is 16.5. The molecule has 0 radical (unpaired) electrons. The van der Waals surface area contributed by atoms with Gasteiger partial charge in [-0.25, -0.2) is 4.98 Å². The van der Waals surface area contributed by atoms with Gasteiger partial charge in [0, 0.05) is 30.3 Å². The number of aromatic nitrogens is 3. The summed E-state index contributed by atoms with van der Waals surface area (Å²) in [5.74, 6) is 0. The Morgan fingerprint density at radius 2 is 1.68 bits per heavy atom. The average Bonchev–Trinajstić information content (AvgIpc) is 3.22. The van der Waals surface area contributed by atoms with Crippen molar-refractivity contribution in [3.8, 4) is 0 Å². The van der Waals surface area contributed by atoms with Gasteiger partial charge in [-0.2, -0.15) is 0 Å². The Balaban J connectivity index is 0.000000189. The van der Waals surface area contributed by atoms with Crippen LogP contribution in [0.2, 0.25) is 0 Å². The molecule has 0 aliphatic heterocycles. The number of furan rings is 1. The maximum atomic E-state index is 4.94. The summed E-state index contributed by atoms with van der Waals surface area (Å²) in [6.45, 7) is 15.0. The molecule has 0 saturated heterocycles. The Morgan fingerprint density at radius 1 is 0.960 bits per heavy atom. The van der Waals surface area contributed by atoms with Gasteiger partial charge in [0.2, 0.25) is 0 Å². The minimum Gasteiger partial charge on any atom is -0.472 e. The number of hydrogen-bond acceptors (Lipinski definition) is 3. The monoisotopic (exact) mass is 341 g/mol. The molecule has 0 N–H and O–H groups in total. The van der Waals surface area contributed by atoms with Gasteiger partial charge in [0.05, 0.1) is 18.9 Å². The summed E-state index contributed by atoms with van der Waals surface area (Å²) >= 11 is 0. The molecule has 136 valence electrons. The van der Waals surface area contributed by atoms with E-state index in [0.717, 1.165) is 0 Å². The van der Waals surface area contributed by atoms with Crippen molar-refractivity contribution in [2.45, 2.75) is 59.4 Å². The van der Waals surface area contributed by atoms with Crippen LogP contribution in [0.5, 0.6) is 0 Å². The fraction of sp³-hybridized carbons (Fsp3) is 0.429. The molecule has 0 aromatic carbocycles. The second kappa shape index (κ2) is 9.21. The first-order valence-electron chi connectivity index (χ1n) is 8.48. The van der Waals surface area contributed by atoms with Gasteiger partial charge in [-0.15, -0.1) is 0 Å². The molecule has 0 aliphatic rings. The third-order valence-corrected chi connectivity index (χ3v) is 3.48. The first-order valence-corrected chi connectivity index (χ1v) is 8.48. The smallest absolute Gasteiger partial charge is 0.0950 e. The fourth-order valence-corrected chi connectivity index (χ4v) is 1.80. The van der Waals surface area contributed by atoms with Gasteiger partial charge >= 0.3 is 0 Å². The molecule has 3 rings (SSSR count). The molecule has 3 aromatic rings. The van der Waals surface area contributed by atoms with Gasteiger partial charge in [0.15, 0.2) is 0 Å². The van der Waals surface area contributed by atoms with Gasteiger partial charge in [-0.3, -0.25) is 4.98 Å². The van der Waals surface area contributed by atoms with Crippen molar-refractivity contribution in [3.63, 3.8) is 0 Å². The van der Waals surface area contributed by atoms with E-state index >= 15 is 0 Å². The van der Waals surface area contributed by atoms with Crippen molar-refractivity contribution in [2.75, 3.05) is 0 Å². The van der Waals surface area contributed by atoms with Gasteiger partial charge in [-0.1, -0.05) is 26.8 Å². The minimum atomic E-state index is 0.177. The number of aryl methyl sites for hydroxylation is 1. The molecule has 0 saturated carbocycles. The Hall–Kier alpha value is -2.36. The summed E-state index contributed by atoms with van der Waals surface area (Å²) in [5, 5.41) is 0. The molecule has 0 fully saturated rings. The number of imidazole rings is 1. The van der Waals surface area contributed by atoms with Crippen LogP contribution in [0.25, 0.3) is 0 Å². The lowest BCUT2D eigenvalue weighted by Gasteiger charge is -2.19. The van der Waals surface area contributed by atoms with Crippen LogP contribution in [0.1, 0.15) is 52.7 Å². The number of pyridine rings is 1. The quantitative estimate of drug-likeness (QED) is 0.534. The van der Waals surface area contributed by atoms with Crippen molar-refractivity contribution < 1.29 is 4.42 Å². The van der Waals surface area contributed by atoms with Crippen LogP contribution in [0.4, 0.5) is 0 Å². The van der Waals surface area contributed by atoms with Crippen LogP contribution in [0, 0.1) is 6.92 Å². The van der Waals surface area contributed by atoms with E-state index in [1.807, 2.05) is 43.8 Å². The highest BCUT2D eigenvalue weighted by molar-refractivity contribution is 5.15. The summed E-state index contributed by atoms with van der Waals surface area (Å²) < 4.78 is 7.02. The van der Waals surface area contributed by atoms with Crippen LogP contribution in [-0.2, 0) is 11.0 Å². The highest BCUT2D eigenvalue weighted by atomic mass is 16.3. The molecule has 0 unspecified atom stereocenters. The largest absolute Gasteiger partial charge is 0.472 e. The maximum absolute atomic E-state index is 4.94. The van der Waals surface area contributed by atoms with Crippen LogP contribution in [0.15, 0.2) is 66.3 Å². The predicted molar refractivity (Wildman–Crippen MR) is 104 cm³/mol. The lowest BCUT2D eigenvalue weighted by molar-refractivity contribution is 0.396. The second-order valence-electron chi connectivity index (χ2n) is 7.93. The standard InChI is InChI=1S/C8H12O.C7H12N2.C6H7N/c1-8(2,3)7-4-5-9-6-7;1-7(2,3)9-5-4-8-6-9;1-6-3-2-4-7-5-6/h2*4-6H,1-3H3;2-5H,1H3. The second-order valence-corrected chi connectivity index (χ2v) is 7.93. The summed E-state index contributed by atoms with van der Waals surface area (Å²) in [6.07, 6.45) is 12.7. The predicted octanol–water partition coefficient (Wildman–Crippen LogP) is 5.61. The van der Waals surface area contributed by atoms with Crippen molar-refractivity contribution in [1.82, 2.24) is 14.5 Å². The highest BCUT2D eigenvalue weighted by Gasteiger charge is 2.13. The van der Waals surface area contributed by atoms with E-state index in [2.05, 4.69) is 56.1 Å². The van der Waals surface area contributed by atoms with Crippen LogP contribution >= 0.6 is 0 Å². The van der Waals surface area contributed by atoms with Gasteiger partial charge < -0.3 is 8.98 Å². The third-order valence-electron chi connectivity index (χ3n) is 3.48. The van der Waals surface area contributed by atoms with Crippen molar-refractivity contribution >= 4 is 0 Å². The molecular weight excluding hydrogens is 310 g/mol. The topological polar surface area (TPSA) is 43.9 Å². The maximum Gasteiger partial charge on any atom is 0.0950 e. The first kappa shape index (κ1) is 20.7. The first-order chi connectivity index (χ1) is 11.6. The Morgan fingerprint density at radius 3 is 1.92 bits per heavy atom. The van der Waals surface area contributed by atoms with E-state index in [9.17, 15) is 0 Å². The van der Waals surface area contributed by atoms with E-state index in [1.54, 1.807) is 24.9 Å². The molecular formula is C21H31N3O. The van der Waals surface area contributed by atoms with Gasteiger partial charge in [0.1, 0.15) is 0 Å². The number of nitrogens with zero attached hydrogens (tertiary/aromatic N) is 3. The molecule has 4 nitrogen and oxygen atoms in total. The number of hydrogen-bond donors (Lipinski definition) is 0. The minimum absolute atomic E-state index is 0.177. The lowest BCUT2D eigenvalue weighted by Crippen LogP contribution is -2.19. The summed E-state index contributed by atoms with van der Waals surface area (Å²) in [7, 11) is 0. The van der Waals surface area contributed by atoms with Crippen molar-refractivity contribution in [1.29, 1.82) is 0 Å². The van der Waals surface area contributed by atoms with Crippen LogP contribution in [0.3, 0.4) is 0 Å². The Labute approximate surface area is 151 Å². The van der Waals surface area contributed by atoms with E-state index in [1.165, 1.54) is 11.1 Å². The molecule has 25 heavy (non-hydrogen) atoms. The Kier molecular flexibility index (Phi) is 7.62. The molecule has 0 spiro atoms. The van der Waals surface area contributed by atoms with Crippen molar-refractivity contribution in [3.05, 3.63) is 73.0 Å². The van der Waals surface area contributed by atoms with Crippen LogP contribution < -0.4 is 0 Å². The van der Waals surface area contributed by atoms with Crippen LogP contribution in [-0.4, -0.2) is 14.5 Å². The van der Waals surface area contributed by atoms with Gasteiger partial charge in [0.25, 0.3) is 0 Å². The highest BCUT2D eigenvalue weighted by Crippen LogP contribution is 2.21. The molecule has 4 heteroatoms. The fourth-order valence-electron chi connectivity index (χ4n) is 1.80.